The van der Waals surface area contributed by atoms with E-state index in [1.54, 1.807) is 6.07 Å². The summed E-state index contributed by atoms with van der Waals surface area (Å²) >= 11 is 0. The van der Waals surface area contributed by atoms with Crippen molar-refractivity contribution in [3.63, 3.8) is 0 Å². The van der Waals surface area contributed by atoms with Crippen LogP contribution in [0.3, 0.4) is 0 Å². The zero-order chi connectivity index (χ0) is 16.5. The van der Waals surface area contributed by atoms with Crippen molar-refractivity contribution in [1.82, 2.24) is 4.98 Å². The Morgan fingerprint density at radius 3 is 2.42 bits per heavy atom. The summed E-state index contributed by atoms with van der Waals surface area (Å²) in [5, 5.41) is 20.7. The fourth-order valence-corrected chi connectivity index (χ4v) is 2.96. The molecular formula is C21H14N2O. The number of fused-ring (bicyclic) bond motifs is 1. The Morgan fingerprint density at radius 2 is 1.62 bits per heavy atom. The molecule has 4 rings (SSSR count). The molecule has 1 heterocycles. The highest BCUT2D eigenvalue weighted by molar-refractivity contribution is 5.90. The number of phenolic OH excluding ortho intramolecular Hbond substituents is 1. The van der Waals surface area contributed by atoms with E-state index in [0.717, 1.165) is 33.3 Å². The number of nitrogens with one attached hydrogen (secondary N) is 1. The zero-order valence-electron chi connectivity index (χ0n) is 12.8. The number of para-hydroxylation sites is 1. The third kappa shape index (κ3) is 2.31. The van der Waals surface area contributed by atoms with E-state index in [1.807, 2.05) is 66.7 Å². The van der Waals surface area contributed by atoms with Crippen molar-refractivity contribution < 1.29 is 5.11 Å². The lowest BCUT2D eigenvalue weighted by atomic mass is 10.00. The topological polar surface area (TPSA) is 59.8 Å². The average Bonchev–Trinajstić information content (AvgIpc) is 3.05. The molecule has 0 saturated heterocycles. The Labute approximate surface area is 139 Å². The highest BCUT2D eigenvalue weighted by atomic mass is 16.3. The smallest absolute Gasteiger partial charge is 0.132 e. The van der Waals surface area contributed by atoms with Crippen LogP contribution in [0.25, 0.3) is 33.3 Å². The van der Waals surface area contributed by atoms with E-state index in [9.17, 15) is 5.11 Å². The lowest BCUT2D eigenvalue weighted by molar-refractivity contribution is 0.479. The lowest BCUT2D eigenvalue weighted by Gasteiger charge is -2.09. The summed E-state index contributed by atoms with van der Waals surface area (Å²) in [5.74, 6) is 0.246. The van der Waals surface area contributed by atoms with Crippen LogP contribution in [-0.4, -0.2) is 10.1 Å². The number of aromatic hydroxyl groups is 1. The minimum atomic E-state index is 0.246. The van der Waals surface area contributed by atoms with E-state index in [0.29, 0.717) is 5.56 Å². The van der Waals surface area contributed by atoms with Gasteiger partial charge in [-0.25, -0.2) is 0 Å². The molecule has 4 aromatic rings. The molecule has 24 heavy (non-hydrogen) atoms. The predicted octanol–water partition coefficient (Wildman–Crippen LogP) is 5.08. The Bertz CT molecular complexity index is 1070. The van der Waals surface area contributed by atoms with Gasteiger partial charge in [0.2, 0.25) is 0 Å². The van der Waals surface area contributed by atoms with Crippen molar-refractivity contribution in [2.45, 2.75) is 0 Å². The SMILES string of the molecule is N#Cc1ccc2[nH]c(-c3cccc(-c4ccccc4)c3O)cc2c1. The van der Waals surface area contributed by atoms with E-state index < -0.39 is 0 Å². The Balaban J connectivity index is 1.87. The van der Waals surface area contributed by atoms with Crippen LogP contribution in [0.5, 0.6) is 5.75 Å². The van der Waals surface area contributed by atoms with Gasteiger partial charge in [0.1, 0.15) is 5.75 Å². The van der Waals surface area contributed by atoms with Gasteiger partial charge in [0.25, 0.3) is 0 Å². The van der Waals surface area contributed by atoms with Gasteiger partial charge < -0.3 is 10.1 Å². The molecule has 0 aliphatic carbocycles. The van der Waals surface area contributed by atoms with Crippen molar-refractivity contribution in [2.24, 2.45) is 0 Å². The molecule has 0 atom stereocenters. The summed E-state index contributed by atoms with van der Waals surface area (Å²) in [4.78, 5) is 3.31. The van der Waals surface area contributed by atoms with Crippen molar-refractivity contribution in [3.05, 3.63) is 78.4 Å². The molecule has 2 N–H and O–H groups in total. The lowest BCUT2D eigenvalue weighted by Crippen LogP contribution is -1.84. The zero-order valence-corrected chi connectivity index (χ0v) is 12.8. The summed E-state index contributed by atoms with van der Waals surface area (Å²) < 4.78 is 0. The van der Waals surface area contributed by atoms with E-state index in [2.05, 4.69) is 11.1 Å². The molecule has 114 valence electrons. The molecular weight excluding hydrogens is 296 g/mol. The molecule has 0 aliphatic heterocycles. The van der Waals surface area contributed by atoms with Crippen LogP contribution in [0.15, 0.2) is 72.8 Å². The summed E-state index contributed by atoms with van der Waals surface area (Å²) in [6.07, 6.45) is 0. The summed E-state index contributed by atoms with van der Waals surface area (Å²) in [7, 11) is 0. The summed E-state index contributed by atoms with van der Waals surface area (Å²) in [6.45, 7) is 0. The number of hydrogen-bond donors (Lipinski definition) is 2. The van der Waals surface area contributed by atoms with Crippen LogP contribution in [-0.2, 0) is 0 Å². The second-order valence-corrected chi connectivity index (χ2v) is 5.66. The largest absolute Gasteiger partial charge is 0.507 e. The fraction of sp³-hybridized carbons (Fsp3) is 0. The number of nitriles is 1. The highest BCUT2D eigenvalue weighted by Crippen LogP contribution is 2.38. The summed E-state index contributed by atoms with van der Waals surface area (Å²) in [5.41, 5.74) is 4.90. The molecule has 1 aromatic heterocycles. The number of aromatic nitrogens is 1. The molecule has 0 unspecified atom stereocenters. The van der Waals surface area contributed by atoms with E-state index in [-0.39, 0.29) is 5.75 Å². The third-order valence-corrected chi connectivity index (χ3v) is 4.16. The van der Waals surface area contributed by atoms with Crippen molar-refractivity contribution in [3.8, 4) is 34.2 Å². The second-order valence-electron chi connectivity index (χ2n) is 5.66. The second kappa shape index (κ2) is 5.60. The quantitative estimate of drug-likeness (QED) is 0.542. The predicted molar refractivity (Wildman–Crippen MR) is 95.6 cm³/mol. The number of hydrogen-bond acceptors (Lipinski definition) is 2. The first kappa shape index (κ1) is 14.1. The van der Waals surface area contributed by atoms with Crippen LogP contribution in [0, 0.1) is 11.3 Å². The van der Waals surface area contributed by atoms with E-state index in [1.165, 1.54) is 0 Å². The maximum atomic E-state index is 10.7. The summed E-state index contributed by atoms with van der Waals surface area (Å²) in [6, 6.07) is 25.1. The average molecular weight is 310 g/mol. The number of phenols is 1. The Hall–Kier alpha value is -3.51. The Morgan fingerprint density at radius 1 is 0.833 bits per heavy atom. The maximum Gasteiger partial charge on any atom is 0.132 e. The van der Waals surface area contributed by atoms with Gasteiger partial charge in [-0.1, -0.05) is 42.5 Å². The van der Waals surface area contributed by atoms with Gasteiger partial charge in [-0.3, -0.25) is 0 Å². The number of aromatic amines is 1. The number of nitrogens with zero attached hydrogens (tertiary/aromatic N) is 1. The normalized spacial score (nSPS) is 10.6. The molecule has 0 saturated carbocycles. The van der Waals surface area contributed by atoms with E-state index in [4.69, 9.17) is 5.26 Å². The molecule has 0 aliphatic rings. The molecule has 3 aromatic carbocycles. The third-order valence-electron chi connectivity index (χ3n) is 4.16. The van der Waals surface area contributed by atoms with Gasteiger partial charge in [-0.05, 0) is 35.9 Å². The Kier molecular flexibility index (Phi) is 3.29. The number of H-pyrrole nitrogens is 1. The van der Waals surface area contributed by atoms with Gasteiger partial charge >= 0.3 is 0 Å². The van der Waals surface area contributed by atoms with Crippen LogP contribution < -0.4 is 0 Å². The fourth-order valence-electron chi connectivity index (χ4n) is 2.96. The first-order valence-electron chi connectivity index (χ1n) is 7.67. The van der Waals surface area contributed by atoms with Crippen LogP contribution in [0.2, 0.25) is 0 Å². The van der Waals surface area contributed by atoms with Gasteiger partial charge in [-0.2, -0.15) is 5.26 Å². The van der Waals surface area contributed by atoms with Gasteiger partial charge in [-0.15, -0.1) is 0 Å². The van der Waals surface area contributed by atoms with Crippen molar-refractivity contribution in [1.29, 1.82) is 5.26 Å². The van der Waals surface area contributed by atoms with E-state index >= 15 is 0 Å². The molecule has 0 amide bonds. The molecule has 0 radical (unpaired) electrons. The minimum Gasteiger partial charge on any atom is -0.507 e. The monoisotopic (exact) mass is 310 g/mol. The molecule has 3 heteroatoms. The van der Waals surface area contributed by atoms with Gasteiger partial charge in [0.05, 0.1) is 17.3 Å². The first-order valence-corrected chi connectivity index (χ1v) is 7.67. The van der Waals surface area contributed by atoms with Gasteiger partial charge in [0, 0.05) is 22.0 Å². The van der Waals surface area contributed by atoms with Gasteiger partial charge in [0.15, 0.2) is 0 Å². The number of rotatable bonds is 2. The van der Waals surface area contributed by atoms with Crippen LogP contribution in [0.4, 0.5) is 0 Å². The highest BCUT2D eigenvalue weighted by Gasteiger charge is 2.12. The van der Waals surface area contributed by atoms with Crippen LogP contribution in [0.1, 0.15) is 5.56 Å². The molecule has 3 nitrogen and oxygen atoms in total. The maximum absolute atomic E-state index is 10.7. The molecule has 0 spiro atoms. The molecule has 0 fully saturated rings. The minimum absolute atomic E-state index is 0.246. The standard InChI is InChI=1S/C21H14N2O/c22-13-14-9-10-19-16(11-14)12-20(23-19)18-8-4-7-17(21(18)24)15-5-2-1-3-6-15/h1-12,23-24H. The van der Waals surface area contributed by atoms with Crippen molar-refractivity contribution >= 4 is 10.9 Å². The first-order chi connectivity index (χ1) is 11.8. The van der Waals surface area contributed by atoms with Crippen LogP contribution >= 0.6 is 0 Å². The molecule has 0 bridgehead atoms. The number of benzene rings is 3. The van der Waals surface area contributed by atoms with Crippen molar-refractivity contribution in [2.75, 3.05) is 0 Å².